The first-order chi connectivity index (χ1) is 6.29. The largest absolute Gasteiger partial charge is 0.384 e. The van der Waals surface area contributed by atoms with Crippen molar-refractivity contribution in [2.24, 2.45) is 0 Å². The van der Waals surface area contributed by atoms with Crippen LogP contribution in [-0.2, 0) is 6.42 Å². The number of nitrogen functional groups attached to an aromatic ring is 1. The molecular weight excluding hydrogens is 162 g/mol. The lowest BCUT2D eigenvalue weighted by atomic mass is 10.2. The molecular formula is C10H15N3. The molecule has 1 fully saturated rings. The molecule has 0 radical (unpaired) electrons. The van der Waals surface area contributed by atoms with E-state index in [9.17, 15) is 0 Å². The molecule has 0 amide bonds. The molecule has 1 aromatic heterocycles. The molecule has 0 unspecified atom stereocenters. The molecule has 1 saturated carbocycles. The zero-order valence-corrected chi connectivity index (χ0v) is 7.95. The summed E-state index contributed by atoms with van der Waals surface area (Å²) < 4.78 is 0. The van der Waals surface area contributed by atoms with Crippen LogP contribution in [-0.4, -0.2) is 9.97 Å². The van der Waals surface area contributed by atoms with Gasteiger partial charge in [0, 0.05) is 17.7 Å². The van der Waals surface area contributed by atoms with E-state index in [4.69, 9.17) is 5.73 Å². The molecule has 0 bridgehead atoms. The number of hydrogen-bond acceptors (Lipinski definition) is 3. The lowest BCUT2D eigenvalue weighted by Crippen LogP contribution is -2.02. The Kier molecular flexibility index (Phi) is 2.17. The minimum atomic E-state index is 0.596. The monoisotopic (exact) mass is 177 g/mol. The lowest BCUT2D eigenvalue weighted by molar-refractivity contribution is 0.832. The van der Waals surface area contributed by atoms with Crippen LogP contribution >= 0.6 is 0 Å². The number of hydrogen-bond donors (Lipinski definition) is 1. The highest BCUT2D eigenvalue weighted by Crippen LogP contribution is 2.38. The Balaban J connectivity index is 2.25. The Labute approximate surface area is 78.4 Å². The zero-order chi connectivity index (χ0) is 9.26. The SMILES string of the molecule is CCCc1cc(N)nc(C2CC2)n1. The number of nitrogens with two attached hydrogens (primary N) is 1. The zero-order valence-electron chi connectivity index (χ0n) is 7.95. The molecule has 0 aromatic carbocycles. The normalized spacial score (nSPS) is 16.1. The molecule has 13 heavy (non-hydrogen) atoms. The van der Waals surface area contributed by atoms with Crippen molar-refractivity contribution in [1.29, 1.82) is 0 Å². The van der Waals surface area contributed by atoms with Crippen LogP contribution in [0.4, 0.5) is 5.82 Å². The maximum atomic E-state index is 5.70. The second kappa shape index (κ2) is 3.32. The molecule has 1 heterocycles. The van der Waals surface area contributed by atoms with Crippen LogP contribution in [0.1, 0.15) is 43.6 Å². The molecule has 3 heteroatoms. The summed E-state index contributed by atoms with van der Waals surface area (Å²) in [5.74, 6) is 2.18. The Morgan fingerprint density at radius 2 is 2.23 bits per heavy atom. The van der Waals surface area contributed by atoms with Gasteiger partial charge in [0.1, 0.15) is 11.6 Å². The Morgan fingerprint density at radius 3 is 2.85 bits per heavy atom. The summed E-state index contributed by atoms with van der Waals surface area (Å²) in [7, 11) is 0. The van der Waals surface area contributed by atoms with Gasteiger partial charge in [0.05, 0.1) is 0 Å². The highest BCUT2D eigenvalue weighted by Gasteiger charge is 2.26. The van der Waals surface area contributed by atoms with Gasteiger partial charge >= 0.3 is 0 Å². The summed E-state index contributed by atoms with van der Waals surface area (Å²) in [6, 6.07) is 1.88. The molecule has 0 atom stereocenters. The fourth-order valence-electron chi connectivity index (χ4n) is 1.45. The topological polar surface area (TPSA) is 51.8 Å². The summed E-state index contributed by atoms with van der Waals surface area (Å²) in [4.78, 5) is 8.74. The number of nitrogens with zero attached hydrogens (tertiary/aromatic N) is 2. The van der Waals surface area contributed by atoms with E-state index in [1.807, 2.05) is 6.07 Å². The minimum Gasteiger partial charge on any atom is -0.384 e. The van der Waals surface area contributed by atoms with Crippen LogP contribution in [0.5, 0.6) is 0 Å². The van der Waals surface area contributed by atoms with Crippen molar-refractivity contribution in [3.63, 3.8) is 0 Å². The van der Waals surface area contributed by atoms with Gasteiger partial charge in [-0.2, -0.15) is 0 Å². The summed E-state index contributed by atoms with van der Waals surface area (Å²) in [6.45, 7) is 2.15. The highest BCUT2D eigenvalue weighted by atomic mass is 15.0. The third-order valence-electron chi connectivity index (χ3n) is 2.26. The number of anilines is 1. The van der Waals surface area contributed by atoms with Gasteiger partial charge < -0.3 is 5.73 Å². The fourth-order valence-corrected chi connectivity index (χ4v) is 1.45. The van der Waals surface area contributed by atoms with E-state index in [2.05, 4.69) is 16.9 Å². The smallest absolute Gasteiger partial charge is 0.134 e. The number of aromatic nitrogens is 2. The van der Waals surface area contributed by atoms with Gasteiger partial charge in [0.15, 0.2) is 0 Å². The van der Waals surface area contributed by atoms with E-state index in [-0.39, 0.29) is 0 Å². The summed E-state index contributed by atoms with van der Waals surface area (Å²) in [6.07, 6.45) is 4.58. The molecule has 3 nitrogen and oxygen atoms in total. The second-order valence-corrected chi connectivity index (χ2v) is 3.67. The van der Waals surface area contributed by atoms with Gasteiger partial charge in [-0.25, -0.2) is 9.97 Å². The van der Waals surface area contributed by atoms with Crippen molar-refractivity contribution in [1.82, 2.24) is 9.97 Å². The van der Waals surface area contributed by atoms with Crippen LogP contribution < -0.4 is 5.73 Å². The van der Waals surface area contributed by atoms with E-state index in [0.717, 1.165) is 24.4 Å². The first-order valence-corrected chi connectivity index (χ1v) is 4.93. The average Bonchev–Trinajstić information content (AvgIpc) is 2.85. The van der Waals surface area contributed by atoms with Gasteiger partial charge in [0.2, 0.25) is 0 Å². The molecule has 1 aliphatic carbocycles. The van der Waals surface area contributed by atoms with Crippen molar-refractivity contribution in [3.8, 4) is 0 Å². The van der Waals surface area contributed by atoms with Gasteiger partial charge in [0.25, 0.3) is 0 Å². The van der Waals surface area contributed by atoms with E-state index >= 15 is 0 Å². The molecule has 1 aliphatic rings. The van der Waals surface area contributed by atoms with Gasteiger partial charge in [-0.15, -0.1) is 0 Å². The van der Waals surface area contributed by atoms with Gasteiger partial charge in [-0.3, -0.25) is 0 Å². The summed E-state index contributed by atoms with van der Waals surface area (Å²) in [5.41, 5.74) is 6.80. The van der Waals surface area contributed by atoms with E-state index in [1.54, 1.807) is 0 Å². The third-order valence-corrected chi connectivity index (χ3v) is 2.26. The number of aryl methyl sites for hydroxylation is 1. The molecule has 0 aliphatic heterocycles. The van der Waals surface area contributed by atoms with Crippen molar-refractivity contribution >= 4 is 5.82 Å². The number of rotatable bonds is 3. The molecule has 1 aromatic rings. The Morgan fingerprint density at radius 1 is 1.46 bits per heavy atom. The highest BCUT2D eigenvalue weighted by molar-refractivity contribution is 5.31. The quantitative estimate of drug-likeness (QED) is 0.767. The van der Waals surface area contributed by atoms with Crippen molar-refractivity contribution < 1.29 is 0 Å². The van der Waals surface area contributed by atoms with Crippen molar-refractivity contribution in [2.75, 3.05) is 5.73 Å². The summed E-state index contributed by atoms with van der Waals surface area (Å²) in [5, 5.41) is 0. The minimum absolute atomic E-state index is 0.596. The fraction of sp³-hybridized carbons (Fsp3) is 0.600. The first kappa shape index (κ1) is 8.48. The second-order valence-electron chi connectivity index (χ2n) is 3.67. The third kappa shape index (κ3) is 1.97. The maximum Gasteiger partial charge on any atom is 0.134 e. The lowest BCUT2D eigenvalue weighted by Gasteiger charge is -2.03. The molecule has 2 N–H and O–H groups in total. The van der Waals surface area contributed by atoms with Crippen LogP contribution in [0, 0.1) is 0 Å². The standard InChI is InChI=1S/C10H15N3/c1-2-3-8-6-9(11)13-10(12-8)7-4-5-7/h6-7H,2-5H2,1H3,(H2,11,12,13). The van der Waals surface area contributed by atoms with E-state index < -0.39 is 0 Å². The maximum absolute atomic E-state index is 5.70. The van der Waals surface area contributed by atoms with Crippen LogP contribution in [0.2, 0.25) is 0 Å². The molecule has 70 valence electrons. The van der Waals surface area contributed by atoms with Gasteiger partial charge in [-0.1, -0.05) is 13.3 Å². The van der Waals surface area contributed by atoms with Crippen LogP contribution in [0.15, 0.2) is 6.07 Å². The van der Waals surface area contributed by atoms with E-state index in [0.29, 0.717) is 11.7 Å². The van der Waals surface area contributed by atoms with Crippen LogP contribution in [0.25, 0.3) is 0 Å². The predicted molar refractivity (Wildman–Crippen MR) is 52.4 cm³/mol. The van der Waals surface area contributed by atoms with Gasteiger partial charge in [-0.05, 0) is 19.3 Å². The van der Waals surface area contributed by atoms with Crippen molar-refractivity contribution in [2.45, 2.75) is 38.5 Å². The van der Waals surface area contributed by atoms with Crippen LogP contribution in [0.3, 0.4) is 0 Å². The predicted octanol–water partition coefficient (Wildman–Crippen LogP) is 1.89. The van der Waals surface area contributed by atoms with E-state index in [1.165, 1.54) is 12.8 Å². The Bertz CT molecular complexity index is 305. The Hall–Kier alpha value is -1.12. The average molecular weight is 177 g/mol. The molecule has 2 rings (SSSR count). The first-order valence-electron chi connectivity index (χ1n) is 4.93. The molecule has 0 spiro atoms. The van der Waals surface area contributed by atoms with Crippen molar-refractivity contribution in [3.05, 3.63) is 17.6 Å². The summed E-state index contributed by atoms with van der Waals surface area (Å²) >= 11 is 0. The molecule has 0 saturated heterocycles.